The van der Waals surface area contributed by atoms with Crippen molar-refractivity contribution in [2.75, 3.05) is 6.61 Å². The van der Waals surface area contributed by atoms with Crippen molar-refractivity contribution in [3.63, 3.8) is 0 Å². The second kappa shape index (κ2) is 5.61. The highest BCUT2D eigenvalue weighted by Gasteiger charge is 2.14. The Kier molecular flexibility index (Phi) is 4.43. The molecule has 15 heavy (non-hydrogen) atoms. The van der Waals surface area contributed by atoms with Gasteiger partial charge in [0.15, 0.2) is 5.78 Å². The first kappa shape index (κ1) is 11.9. The van der Waals surface area contributed by atoms with Gasteiger partial charge in [0.05, 0.1) is 0 Å². The molecule has 2 nitrogen and oxygen atoms in total. The summed E-state index contributed by atoms with van der Waals surface area (Å²) < 4.78 is 18.3. The number of carbonyl (C=O) groups is 1. The van der Waals surface area contributed by atoms with E-state index in [0.29, 0.717) is 12.2 Å². The molecule has 0 aromatic heterocycles. The van der Waals surface area contributed by atoms with Gasteiger partial charge in [-0.3, -0.25) is 4.79 Å². The summed E-state index contributed by atoms with van der Waals surface area (Å²) in [5, 5.41) is 0. The molecule has 1 aromatic carbocycles. The number of rotatable bonds is 5. The van der Waals surface area contributed by atoms with E-state index in [9.17, 15) is 9.18 Å². The number of hydrogen-bond acceptors (Lipinski definition) is 2. The molecule has 0 N–H and O–H groups in total. The summed E-state index contributed by atoms with van der Waals surface area (Å²) >= 11 is 0. The Bertz CT molecular complexity index is 336. The first-order chi connectivity index (χ1) is 7.15. The highest BCUT2D eigenvalue weighted by molar-refractivity contribution is 5.84. The molecule has 0 saturated heterocycles. The minimum absolute atomic E-state index is 0.0911. The topological polar surface area (TPSA) is 26.3 Å². The summed E-state index contributed by atoms with van der Waals surface area (Å²) in [5.74, 6) is -0.434. The third-order valence-electron chi connectivity index (χ3n) is 2.19. The number of halogens is 1. The smallest absolute Gasteiger partial charge is 0.165 e. The van der Waals surface area contributed by atoms with Crippen molar-refractivity contribution >= 4 is 5.78 Å². The third-order valence-corrected chi connectivity index (χ3v) is 2.19. The van der Waals surface area contributed by atoms with E-state index < -0.39 is 6.10 Å². The number of Topliss-reactive ketones (excluding diaryl/α,β-unsaturated/α-hetero) is 1. The molecule has 0 amide bonds. The van der Waals surface area contributed by atoms with Gasteiger partial charge >= 0.3 is 0 Å². The highest BCUT2D eigenvalue weighted by Crippen LogP contribution is 2.09. The molecule has 0 bridgehead atoms. The Balaban J connectivity index is 2.62. The second-order valence-corrected chi connectivity index (χ2v) is 3.33. The molecule has 0 heterocycles. The molecule has 0 aliphatic rings. The van der Waals surface area contributed by atoms with Crippen molar-refractivity contribution in [2.24, 2.45) is 0 Å². The van der Waals surface area contributed by atoms with Crippen LogP contribution >= 0.6 is 0 Å². The van der Waals surface area contributed by atoms with Crippen molar-refractivity contribution in [3.05, 3.63) is 35.6 Å². The Morgan fingerprint density at radius 1 is 1.47 bits per heavy atom. The van der Waals surface area contributed by atoms with Gasteiger partial charge in [0.1, 0.15) is 11.9 Å². The van der Waals surface area contributed by atoms with E-state index >= 15 is 0 Å². The summed E-state index contributed by atoms with van der Waals surface area (Å²) in [5.41, 5.74) is 0.425. The monoisotopic (exact) mass is 210 g/mol. The van der Waals surface area contributed by atoms with Gasteiger partial charge < -0.3 is 4.74 Å². The molecule has 0 fully saturated rings. The fourth-order valence-electron chi connectivity index (χ4n) is 1.32. The number of carbonyl (C=O) groups excluding carboxylic acids is 1. The summed E-state index contributed by atoms with van der Waals surface area (Å²) in [4.78, 5) is 11.6. The highest BCUT2D eigenvalue weighted by atomic mass is 19.1. The van der Waals surface area contributed by atoms with Gasteiger partial charge in [0.25, 0.3) is 0 Å². The summed E-state index contributed by atoms with van der Waals surface area (Å²) in [6, 6.07) is 6.30. The maximum Gasteiger partial charge on any atom is 0.165 e. The van der Waals surface area contributed by atoms with Gasteiger partial charge in [-0.2, -0.15) is 0 Å². The number of hydrogen-bond donors (Lipinski definition) is 0. The van der Waals surface area contributed by atoms with Crippen molar-refractivity contribution in [1.29, 1.82) is 0 Å². The Labute approximate surface area is 89.1 Å². The average Bonchev–Trinajstić information content (AvgIpc) is 2.21. The molecular weight excluding hydrogens is 195 g/mol. The molecule has 0 saturated carbocycles. The fraction of sp³-hybridized carbons (Fsp3) is 0.417. The van der Waals surface area contributed by atoms with Crippen LogP contribution in [0.4, 0.5) is 4.39 Å². The molecule has 0 aliphatic carbocycles. The lowest BCUT2D eigenvalue weighted by atomic mass is 10.1. The van der Waals surface area contributed by atoms with E-state index in [-0.39, 0.29) is 18.0 Å². The molecule has 0 spiro atoms. The van der Waals surface area contributed by atoms with E-state index in [1.165, 1.54) is 6.07 Å². The van der Waals surface area contributed by atoms with Crippen LogP contribution in [0.5, 0.6) is 0 Å². The van der Waals surface area contributed by atoms with E-state index in [2.05, 4.69) is 0 Å². The first-order valence-electron chi connectivity index (χ1n) is 5.03. The van der Waals surface area contributed by atoms with Crippen molar-refractivity contribution in [3.8, 4) is 0 Å². The van der Waals surface area contributed by atoms with Gasteiger partial charge in [-0.25, -0.2) is 4.39 Å². The van der Waals surface area contributed by atoms with Crippen LogP contribution in [-0.4, -0.2) is 18.5 Å². The van der Waals surface area contributed by atoms with Gasteiger partial charge in [-0.05, 0) is 25.5 Å². The standard InChI is InChI=1S/C12H15FO2/c1-3-15-9(2)12(14)8-10-6-4-5-7-11(10)13/h4-7,9H,3,8H2,1-2H3. The maximum absolute atomic E-state index is 13.2. The van der Waals surface area contributed by atoms with Crippen molar-refractivity contribution in [2.45, 2.75) is 26.4 Å². The molecule has 1 atom stereocenters. The van der Waals surface area contributed by atoms with Gasteiger partial charge in [0.2, 0.25) is 0 Å². The van der Waals surface area contributed by atoms with Crippen LogP contribution in [0.2, 0.25) is 0 Å². The molecule has 1 aromatic rings. The van der Waals surface area contributed by atoms with E-state index in [0.717, 1.165) is 0 Å². The lowest BCUT2D eigenvalue weighted by molar-refractivity contribution is -0.128. The molecule has 0 radical (unpaired) electrons. The Hall–Kier alpha value is -1.22. The van der Waals surface area contributed by atoms with Crippen LogP contribution in [0.15, 0.2) is 24.3 Å². The Morgan fingerprint density at radius 2 is 2.13 bits per heavy atom. The fourth-order valence-corrected chi connectivity index (χ4v) is 1.32. The van der Waals surface area contributed by atoms with Crippen molar-refractivity contribution < 1.29 is 13.9 Å². The molecule has 0 aliphatic heterocycles. The van der Waals surface area contributed by atoms with Crippen LogP contribution in [0.25, 0.3) is 0 Å². The lowest BCUT2D eigenvalue weighted by Gasteiger charge is -2.10. The molecule has 82 valence electrons. The zero-order chi connectivity index (χ0) is 11.3. The van der Waals surface area contributed by atoms with Gasteiger partial charge in [0, 0.05) is 13.0 Å². The molecule has 3 heteroatoms. The van der Waals surface area contributed by atoms with E-state index in [1.54, 1.807) is 25.1 Å². The summed E-state index contributed by atoms with van der Waals surface area (Å²) in [6.45, 7) is 4.00. The van der Waals surface area contributed by atoms with E-state index in [4.69, 9.17) is 4.74 Å². The van der Waals surface area contributed by atoms with E-state index in [1.807, 2.05) is 6.92 Å². The zero-order valence-electron chi connectivity index (χ0n) is 9.00. The minimum atomic E-state index is -0.463. The predicted molar refractivity (Wildman–Crippen MR) is 56.2 cm³/mol. The number of benzene rings is 1. The zero-order valence-corrected chi connectivity index (χ0v) is 9.00. The lowest BCUT2D eigenvalue weighted by Crippen LogP contribution is -2.22. The third kappa shape index (κ3) is 3.44. The number of ether oxygens (including phenoxy) is 1. The summed E-state index contributed by atoms with van der Waals surface area (Å²) in [7, 11) is 0. The normalized spacial score (nSPS) is 12.5. The second-order valence-electron chi connectivity index (χ2n) is 3.33. The van der Waals surface area contributed by atoms with Crippen LogP contribution in [0, 0.1) is 5.82 Å². The molecule has 1 rings (SSSR count). The maximum atomic E-state index is 13.2. The van der Waals surface area contributed by atoms with Crippen LogP contribution in [0.3, 0.4) is 0 Å². The minimum Gasteiger partial charge on any atom is -0.371 e. The summed E-state index contributed by atoms with van der Waals surface area (Å²) in [6.07, 6.45) is -0.372. The largest absolute Gasteiger partial charge is 0.371 e. The molecule has 1 unspecified atom stereocenters. The quantitative estimate of drug-likeness (QED) is 0.745. The first-order valence-corrected chi connectivity index (χ1v) is 5.03. The Morgan fingerprint density at radius 3 is 2.73 bits per heavy atom. The van der Waals surface area contributed by atoms with Gasteiger partial charge in [-0.1, -0.05) is 18.2 Å². The van der Waals surface area contributed by atoms with Crippen molar-refractivity contribution in [1.82, 2.24) is 0 Å². The van der Waals surface area contributed by atoms with Crippen LogP contribution in [0.1, 0.15) is 19.4 Å². The average molecular weight is 210 g/mol. The predicted octanol–water partition coefficient (Wildman–Crippen LogP) is 2.36. The van der Waals surface area contributed by atoms with Crippen LogP contribution < -0.4 is 0 Å². The van der Waals surface area contributed by atoms with Crippen LogP contribution in [-0.2, 0) is 16.0 Å². The SMILES string of the molecule is CCOC(C)C(=O)Cc1ccccc1F. The number of ketones is 1. The van der Waals surface area contributed by atoms with Gasteiger partial charge in [-0.15, -0.1) is 0 Å². The molecular formula is C12H15FO2.